The number of hydrogen-bond acceptors (Lipinski definition) is 4. The highest BCUT2D eigenvalue weighted by atomic mass is 35.5. The number of nitrogens with one attached hydrogen (secondary N) is 1. The molecule has 0 heterocycles. The maximum atomic E-state index is 12.0. The number of ether oxygens (including phenoxy) is 2. The van der Waals surface area contributed by atoms with E-state index in [1.165, 1.54) is 11.8 Å². The highest BCUT2D eigenvalue weighted by molar-refractivity contribution is 8.00. The van der Waals surface area contributed by atoms with E-state index in [0.29, 0.717) is 29.7 Å². The SMILES string of the molecule is CCCOc1ccc(CNC(=O)CSc2ccc(Cl)cc2)cc1OC. The van der Waals surface area contributed by atoms with Crippen LogP contribution in [0.15, 0.2) is 47.4 Å². The Labute approximate surface area is 157 Å². The molecule has 0 bridgehead atoms. The van der Waals surface area contributed by atoms with Crippen LogP contribution in [0.5, 0.6) is 11.5 Å². The fraction of sp³-hybridized carbons (Fsp3) is 0.316. The van der Waals surface area contributed by atoms with Gasteiger partial charge in [0.05, 0.1) is 19.5 Å². The van der Waals surface area contributed by atoms with Crippen LogP contribution in [0, 0.1) is 0 Å². The second-order valence-corrected chi connectivity index (χ2v) is 6.84. The monoisotopic (exact) mass is 379 g/mol. The van der Waals surface area contributed by atoms with Crippen molar-refractivity contribution in [3.63, 3.8) is 0 Å². The molecule has 0 spiro atoms. The largest absolute Gasteiger partial charge is 0.493 e. The number of rotatable bonds is 9. The Hall–Kier alpha value is -1.85. The normalized spacial score (nSPS) is 10.4. The highest BCUT2D eigenvalue weighted by Gasteiger charge is 2.07. The van der Waals surface area contributed by atoms with E-state index in [1.807, 2.05) is 42.5 Å². The summed E-state index contributed by atoms with van der Waals surface area (Å²) in [7, 11) is 1.61. The van der Waals surface area contributed by atoms with Crippen LogP contribution in [0.1, 0.15) is 18.9 Å². The summed E-state index contributed by atoms with van der Waals surface area (Å²) in [5.74, 6) is 1.73. The van der Waals surface area contributed by atoms with E-state index in [0.717, 1.165) is 22.6 Å². The molecule has 2 aromatic carbocycles. The summed E-state index contributed by atoms with van der Waals surface area (Å²) < 4.78 is 11.0. The van der Waals surface area contributed by atoms with Gasteiger partial charge in [-0.2, -0.15) is 0 Å². The molecule has 4 nitrogen and oxygen atoms in total. The lowest BCUT2D eigenvalue weighted by molar-refractivity contribution is -0.118. The van der Waals surface area contributed by atoms with Crippen LogP contribution in [-0.2, 0) is 11.3 Å². The van der Waals surface area contributed by atoms with Crippen LogP contribution in [0.3, 0.4) is 0 Å². The predicted molar refractivity (Wildman–Crippen MR) is 103 cm³/mol. The summed E-state index contributed by atoms with van der Waals surface area (Å²) in [6, 6.07) is 13.1. The molecule has 0 aliphatic rings. The first-order chi connectivity index (χ1) is 12.1. The van der Waals surface area contributed by atoms with Gasteiger partial charge >= 0.3 is 0 Å². The van der Waals surface area contributed by atoms with E-state index < -0.39 is 0 Å². The molecule has 1 N–H and O–H groups in total. The molecule has 2 rings (SSSR count). The minimum atomic E-state index is -0.0229. The lowest BCUT2D eigenvalue weighted by Gasteiger charge is -2.12. The second-order valence-electron chi connectivity index (χ2n) is 5.35. The van der Waals surface area contributed by atoms with Crippen LogP contribution in [0.2, 0.25) is 5.02 Å². The summed E-state index contributed by atoms with van der Waals surface area (Å²) in [4.78, 5) is 13.0. The van der Waals surface area contributed by atoms with Gasteiger partial charge in [-0.25, -0.2) is 0 Å². The van der Waals surface area contributed by atoms with Gasteiger partial charge in [0.1, 0.15) is 0 Å². The van der Waals surface area contributed by atoms with Crippen LogP contribution in [0.25, 0.3) is 0 Å². The quantitative estimate of drug-likeness (QED) is 0.649. The molecule has 0 aromatic heterocycles. The number of hydrogen-bond donors (Lipinski definition) is 1. The molecule has 0 unspecified atom stereocenters. The van der Waals surface area contributed by atoms with Crippen LogP contribution < -0.4 is 14.8 Å². The van der Waals surface area contributed by atoms with Crippen LogP contribution in [-0.4, -0.2) is 25.4 Å². The molecular formula is C19H22ClNO3S. The van der Waals surface area contributed by atoms with Crippen molar-refractivity contribution in [2.24, 2.45) is 0 Å². The zero-order chi connectivity index (χ0) is 18.1. The summed E-state index contributed by atoms with van der Waals surface area (Å²) in [5.41, 5.74) is 0.963. The van der Waals surface area contributed by atoms with Crippen LogP contribution >= 0.6 is 23.4 Å². The topological polar surface area (TPSA) is 47.6 Å². The Morgan fingerprint density at radius 3 is 2.60 bits per heavy atom. The average Bonchev–Trinajstić information content (AvgIpc) is 2.64. The molecule has 2 aromatic rings. The van der Waals surface area contributed by atoms with Crippen molar-refractivity contribution in [2.45, 2.75) is 24.8 Å². The van der Waals surface area contributed by atoms with Crippen molar-refractivity contribution in [3.05, 3.63) is 53.1 Å². The Kier molecular flexibility index (Phi) is 7.95. The minimum Gasteiger partial charge on any atom is -0.493 e. The lowest BCUT2D eigenvalue weighted by atomic mass is 10.2. The number of thioether (sulfide) groups is 1. The fourth-order valence-electron chi connectivity index (χ4n) is 2.08. The number of carbonyl (C=O) groups excluding carboxylic acids is 1. The molecule has 0 fully saturated rings. The summed E-state index contributed by atoms with van der Waals surface area (Å²) >= 11 is 7.32. The molecule has 1 amide bonds. The van der Waals surface area contributed by atoms with Gasteiger partial charge in [0.25, 0.3) is 0 Å². The third-order valence-corrected chi connectivity index (χ3v) is 4.63. The minimum absolute atomic E-state index is 0.0229. The molecule has 6 heteroatoms. The molecule has 0 aliphatic heterocycles. The van der Waals surface area contributed by atoms with E-state index in [-0.39, 0.29) is 5.91 Å². The predicted octanol–water partition coefficient (Wildman–Crippen LogP) is 4.55. The van der Waals surface area contributed by atoms with Crippen LogP contribution in [0.4, 0.5) is 0 Å². The molecule has 0 radical (unpaired) electrons. The number of halogens is 1. The van der Waals surface area contributed by atoms with Gasteiger partial charge < -0.3 is 14.8 Å². The van der Waals surface area contributed by atoms with Crippen molar-refractivity contribution in [1.29, 1.82) is 0 Å². The van der Waals surface area contributed by atoms with Crippen molar-refractivity contribution in [2.75, 3.05) is 19.5 Å². The fourth-order valence-corrected chi connectivity index (χ4v) is 2.94. The standard InChI is InChI=1S/C19H22ClNO3S/c1-3-10-24-17-9-4-14(11-18(17)23-2)12-21-19(22)13-25-16-7-5-15(20)6-8-16/h4-9,11H,3,10,12-13H2,1-2H3,(H,21,22). The smallest absolute Gasteiger partial charge is 0.230 e. The number of carbonyl (C=O) groups is 1. The summed E-state index contributed by atoms with van der Waals surface area (Å²) in [5, 5.41) is 3.60. The van der Waals surface area contributed by atoms with Gasteiger partial charge in [0.2, 0.25) is 5.91 Å². The Balaban J connectivity index is 1.83. The zero-order valence-electron chi connectivity index (χ0n) is 14.4. The van der Waals surface area contributed by atoms with E-state index >= 15 is 0 Å². The maximum absolute atomic E-state index is 12.0. The van der Waals surface area contributed by atoms with E-state index in [1.54, 1.807) is 7.11 Å². The van der Waals surface area contributed by atoms with Gasteiger partial charge in [-0.05, 0) is 48.4 Å². The zero-order valence-corrected chi connectivity index (χ0v) is 16.0. The van der Waals surface area contributed by atoms with Crippen molar-refractivity contribution in [1.82, 2.24) is 5.32 Å². The van der Waals surface area contributed by atoms with Crippen molar-refractivity contribution in [3.8, 4) is 11.5 Å². The molecular weight excluding hydrogens is 358 g/mol. The summed E-state index contributed by atoms with van der Waals surface area (Å²) in [6.07, 6.45) is 0.937. The van der Waals surface area contributed by atoms with Crippen molar-refractivity contribution < 1.29 is 14.3 Å². The van der Waals surface area contributed by atoms with Gasteiger partial charge in [0.15, 0.2) is 11.5 Å². The van der Waals surface area contributed by atoms with E-state index in [9.17, 15) is 4.79 Å². The molecule has 25 heavy (non-hydrogen) atoms. The number of benzene rings is 2. The lowest BCUT2D eigenvalue weighted by Crippen LogP contribution is -2.24. The molecule has 0 atom stereocenters. The van der Waals surface area contributed by atoms with Gasteiger partial charge in [0, 0.05) is 16.5 Å². The van der Waals surface area contributed by atoms with Crippen molar-refractivity contribution >= 4 is 29.3 Å². The van der Waals surface area contributed by atoms with Gasteiger partial charge in [-0.15, -0.1) is 11.8 Å². The Morgan fingerprint density at radius 2 is 1.92 bits per heavy atom. The molecule has 0 saturated carbocycles. The number of amides is 1. The molecule has 0 aliphatic carbocycles. The summed E-state index contributed by atoms with van der Waals surface area (Å²) in [6.45, 7) is 3.15. The van der Waals surface area contributed by atoms with Gasteiger partial charge in [-0.3, -0.25) is 4.79 Å². The first-order valence-electron chi connectivity index (χ1n) is 8.07. The number of methoxy groups -OCH3 is 1. The Morgan fingerprint density at radius 1 is 1.16 bits per heavy atom. The Bertz CT molecular complexity index is 692. The van der Waals surface area contributed by atoms with Gasteiger partial charge in [-0.1, -0.05) is 24.6 Å². The maximum Gasteiger partial charge on any atom is 0.230 e. The highest BCUT2D eigenvalue weighted by Crippen LogP contribution is 2.28. The third kappa shape index (κ3) is 6.52. The third-order valence-electron chi connectivity index (χ3n) is 3.36. The average molecular weight is 380 g/mol. The van der Waals surface area contributed by atoms with E-state index in [2.05, 4.69) is 12.2 Å². The molecule has 0 saturated heterocycles. The first kappa shape index (κ1) is 19.5. The van der Waals surface area contributed by atoms with E-state index in [4.69, 9.17) is 21.1 Å². The first-order valence-corrected chi connectivity index (χ1v) is 9.43. The molecule has 134 valence electrons. The second kappa shape index (κ2) is 10.2.